The number of aliphatic imine (C=N–C) groups is 4. The van der Waals surface area contributed by atoms with Crippen LogP contribution in [0.1, 0.15) is 58.3 Å². The van der Waals surface area contributed by atoms with Crippen molar-refractivity contribution in [3.05, 3.63) is 95.2 Å². The first-order valence-corrected chi connectivity index (χ1v) is 12.2. The Bertz CT molecular complexity index is 1200. The van der Waals surface area contributed by atoms with Crippen molar-refractivity contribution in [2.75, 3.05) is 0 Å². The average Bonchev–Trinajstić information content (AvgIpc) is 3.60. The number of hydrogen-bond donors (Lipinski definition) is 0. The van der Waals surface area contributed by atoms with E-state index in [4.69, 9.17) is 20.0 Å². The van der Waals surface area contributed by atoms with Crippen molar-refractivity contribution >= 4 is 22.8 Å². The Balaban J connectivity index is 1.43. The number of unbranched alkanes of at least 4 members (excludes halogenated alkanes) is 6. The molecular weight excluding hydrogens is 404 g/mol. The Labute approximate surface area is 196 Å². The molecule has 0 saturated carbocycles. The molecule has 166 valence electrons. The predicted molar refractivity (Wildman–Crippen MR) is 140 cm³/mol. The number of rotatable bonds is 8. The zero-order valence-corrected chi connectivity index (χ0v) is 19.3. The van der Waals surface area contributed by atoms with E-state index >= 15 is 0 Å². The minimum atomic E-state index is 0.907. The average molecular weight is 435 g/mol. The van der Waals surface area contributed by atoms with Crippen LogP contribution in [0.2, 0.25) is 0 Å². The Morgan fingerprint density at radius 1 is 0.515 bits per heavy atom. The lowest BCUT2D eigenvalue weighted by Gasteiger charge is -2.08. The van der Waals surface area contributed by atoms with E-state index in [1.54, 1.807) is 0 Å². The van der Waals surface area contributed by atoms with Gasteiger partial charge in [-0.1, -0.05) is 45.4 Å². The van der Waals surface area contributed by atoms with Crippen LogP contribution < -0.4 is 0 Å². The van der Waals surface area contributed by atoms with Gasteiger partial charge in [-0.15, -0.1) is 0 Å². The van der Waals surface area contributed by atoms with Crippen molar-refractivity contribution in [3.63, 3.8) is 0 Å². The van der Waals surface area contributed by atoms with Gasteiger partial charge in [0, 0.05) is 5.57 Å². The molecule has 0 N–H and O–H groups in total. The summed E-state index contributed by atoms with van der Waals surface area (Å²) in [4.78, 5) is 19.3. The SMILES string of the molecule is CCCCCCCCCC1=C2C=CC(=N2)C=C2C=CC(=N2)C=C2C=CC(=N2)C=C2C=CC1=N2. The van der Waals surface area contributed by atoms with Gasteiger partial charge >= 0.3 is 0 Å². The molecule has 8 bridgehead atoms. The third-order valence-electron chi connectivity index (χ3n) is 6.23. The molecule has 5 aliphatic heterocycles. The topological polar surface area (TPSA) is 49.4 Å². The first kappa shape index (κ1) is 21.4. The highest BCUT2D eigenvalue weighted by atomic mass is 14.8. The van der Waals surface area contributed by atoms with Crippen LogP contribution in [-0.4, -0.2) is 22.8 Å². The number of fused-ring (bicyclic) bond motifs is 4. The van der Waals surface area contributed by atoms with Crippen LogP contribution in [0.4, 0.5) is 0 Å². The molecule has 0 aromatic carbocycles. The van der Waals surface area contributed by atoms with Crippen LogP contribution in [0.5, 0.6) is 0 Å². The van der Waals surface area contributed by atoms with E-state index < -0.39 is 0 Å². The third-order valence-corrected chi connectivity index (χ3v) is 6.23. The summed E-state index contributed by atoms with van der Waals surface area (Å²) in [6, 6.07) is 0. The van der Waals surface area contributed by atoms with E-state index in [-0.39, 0.29) is 0 Å². The van der Waals surface area contributed by atoms with Crippen molar-refractivity contribution in [2.45, 2.75) is 58.3 Å². The molecular formula is C29H30N4. The first-order valence-electron chi connectivity index (χ1n) is 12.2. The molecule has 0 amide bonds. The number of nitrogens with zero attached hydrogens (tertiary/aromatic N) is 4. The van der Waals surface area contributed by atoms with Crippen molar-refractivity contribution in [2.24, 2.45) is 20.0 Å². The summed E-state index contributed by atoms with van der Waals surface area (Å²) in [6.45, 7) is 2.27. The summed E-state index contributed by atoms with van der Waals surface area (Å²) in [7, 11) is 0. The van der Waals surface area contributed by atoms with Crippen LogP contribution in [-0.2, 0) is 0 Å². The third kappa shape index (κ3) is 5.33. The normalized spacial score (nSPS) is 20.1. The summed E-state index contributed by atoms with van der Waals surface area (Å²) in [6.07, 6.45) is 32.7. The van der Waals surface area contributed by atoms with Crippen LogP contribution >= 0.6 is 0 Å². The summed E-state index contributed by atoms with van der Waals surface area (Å²) < 4.78 is 0. The maximum absolute atomic E-state index is 4.93. The highest BCUT2D eigenvalue weighted by molar-refractivity contribution is 6.16. The lowest BCUT2D eigenvalue weighted by atomic mass is 9.99. The van der Waals surface area contributed by atoms with Gasteiger partial charge in [-0.25, -0.2) is 20.0 Å². The molecule has 5 aliphatic rings. The second-order valence-corrected chi connectivity index (χ2v) is 8.88. The van der Waals surface area contributed by atoms with Crippen molar-refractivity contribution in [3.8, 4) is 0 Å². The van der Waals surface area contributed by atoms with E-state index in [0.29, 0.717) is 0 Å². The van der Waals surface area contributed by atoms with Crippen LogP contribution in [0.25, 0.3) is 0 Å². The smallest absolute Gasteiger partial charge is 0.0691 e. The molecule has 0 unspecified atom stereocenters. The quantitative estimate of drug-likeness (QED) is 0.366. The largest absolute Gasteiger partial charge is 0.249 e. The van der Waals surface area contributed by atoms with Gasteiger partial charge in [0.25, 0.3) is 0 Å². The highest BCUT2D eigenvalue weighted by Crippen LogP contribution is 2.27. The maximum Gasteiger partial charge on any atom is 0.0691 e. The molecule has 0 radical (unpaired) electrons. The molecule has 0 saturated heterocycles. The molecule has 0 fully saturated rings. The number of allylic oxidation sites excluding steroid dienone is 12. The van der Waals surface area contributed by atoms with Gasteiger partial charge in [0.1, 0.15) is 0 Å². The standard InChI is InChI=1S/C29H30N4/c1-2-3-4-5-6-7-8-9-27-28-16-14-25(32-28)19-23-12-10-21(30-23)18-22-11-13-24(31-22)20-26-15-17-29(27)33-26/h10-20H,2-9H2,1H3. The fourth-order valence-corrected chi connectivity index (χ4v) is 4.46. The molecule has 0 atom stereocenters. The van der Waals surface area contributed by atoms with Gasteiger partial charge < -0.3 is 0 Å². The van der Waals surface area contributed by atoms with Crippen LogP contribution in [0.15, 0.2) is 115 Å². The fourth-order valence-electron chi connectivity index (χ4n) is 4.46. The molecule has 4 nitrogen and oxygen atoms in total. The van der Waals surface area contributed by atoms with Gasteiger partial charge in [0.2, 0.25) is 0 Å². The minimum absolute atomic E-state index is 0.907. The van der Waals surface area contributed by atoms with Crippen molar-refractivity contribution in [1.29, 1.82) is 0 Å². The molecule has 33 heavy (non-hydrogen) atoms. The second kappa shape index (κ2) is 10.0. The monoisotopic (exact) mass is 434 g/mol. The summed E-state index contributed by atoms with van der Waals surface area (Å²) in [5.74, 6) is 0. The Morgan fingerprint density at radius 3 is 1.76 bits per heavy atom. The predicted octanol–water partition coefficient (Wildman–Crippen LogP) is 7.09. The van der Waals surface area contributed by atoms with E-state index in [2.05, 4.69) is 31.2 Å². The molecule has 4 heteroatoms. The van der Waals surface area contributed by atoms with Gasteiger partial charge in [-0.2, -0.15) is 0 Å². The van der Waals surface area contributed by atoms with E-state index in [1.165, 1.54) is 44.1 Å². The van der Waals surface area contributed by atoms with Crippen molar-refractivity contribution < 1.29 is 0 Å². The number of hydrogen-bond acceptors (Lipinski definition) is 4. The Morgan fingerprint density at radius 2 is 1.06 bits per heavy atom. The van der Waals surface area contributed by atoms with E-state index in [1.807, 2.05) is 42.5 Å². The molecule has 0 aliphatic carbocycles. The molecule has 0 aromatic rings. The Hall–Kier alpha value is -3.40. The van der Waals surface area contributed by atoms with Gasteiger partial charge in [0.05, 0.1) is 45.6 Å². The first-order chi connectivity index (χ1) is 16.3. The van der Waals surface area contributed by atoms with Crippen LogP contribution in [0.3, 0.4) is 0 Å². The maximum atomic E-state index is 4.93. The summed E-state index contributed by atoms with van der Waals surface area (Å²) in [5, 5.41) is 0. The van der Waals surface area contributed by atoms with Gasteiger partial charge in [-0.05, 0) is 79.7 Å². The zero-order chi connectivity index (χ0) is 22.5. The molecule has 0 aromatic heterocycles. The molecule has 0 spiro atoms. The van der Waals surface area contributed by atoms with Gasteiger partial charge in [0.15, 0.2) is 0 Å². The molecule has 5 rings (SSSR count). The summed E-state index contributed by atoms with van der Waals surface area (Å²) in [5.41, 5.74) is 8.80. The van der Waals surface area contributed by atoms with Crippen molar-refractivity contribution in [1.82, 2.24) is 0 Å². The highest BCUT2D eigenvalue weighted by Gasteiger charge is 2.17. The van der Waals surface area contributed by atoms with Gasteiger partial charge in [-0.3, -0.25) is 0 Å². The van der Waals surface area contributed by atoms with E-state index in [9.17, 15) is 0 Å². The minimum Gasteiger partial charge on any atom is -0.249 e. The Kier molecular flexibility index (Phi) is 6.52. The lowest BCUT2D eigenvalue weighted by molar-refractivity contribution is 0.590. The van der Waals surface area contributed by atoms with Crippen LogP contribution in [0, 0.1) is 0 Å². The summed E-state index contributed by atoms with van der Waals surface area (Å²) >= 11 is 0. The zero-order valence-electron chi connectivity index (χ0n) is 19.3. The second-order valence-electron chi connectivity index (χ2n) is 8.88. The fraction of sp³-hybridized carbons (Fsp3) is 0.310. The molecule has 5 heterocycles. The lowest BCUT2D eigenvalue weighted by Crippen LogP contribution is -2.01. The van der Waals surface area contributed by atoms with E-state index in [0.717, 1.165) is 58.5 Å².